The van der Waals surface area contributed by atoms with Crippen molar-refractivity contribution in [1.82, 2.24) is 0 Å². The average Bonchev–Trinajstić information content (AvgIpc) is 2.25. The van der Waals surface area contributed by atoms with Crippen molar-refractivity contribution in [1.29, 1.82) is 5.26 Å². The molecule has 1 aromatic carbocycles. The van der Waals surface area contributed by atoms with Gasteiger partial charge in [-0.05, 0) is 18.6 Å². The molecule has 1 aromatic rings. The van der Waals surface area contributed by atoms with Gasteiger partial charge in [-0.3, -0.25) is 0 Å². The van der Waals surface area contributed by atoms with Gasteiger partial charge in [0.25, 0.3) is 0 Å². The maximum Gasteiger partial charge on any atom is 0.169 e. The van der Waals surface area contributed by atoms with Gasteiger partial charge < -0.3 is 4.74 Å². The zero-order chi connectivity index (χ0) is 11.3. The van der Waals surface area contributed by atoms with Crippen molar-refractivity contribution in [3.8, 4) is 6.07 Å². The number of halogens is 2. The highest BCUT2D eigenvalue weighted by molar-refractivity contribution is 6.17. The van der Waals surface area contributed by atoms with Crippen LogP contribution < -0.4 is 0 Å². The third-order valence-corrected chi connectivity index (χ3v) is 2.23. The highest BCUT2D eigenvalue weighted by Gasteiger charge is 2.14. The number of ether oxygens (including phenoxy) is 1. The van der Waals surface area contributed by atoms with E-state index in [4.69, 9.17) is 21.6 Å². The SMILES string of the molecule is Cc1c(F)cccc1C(C#N)OCCCl. The molecule has 0 aliphatic carbocycles. The zero-order valence-electron chi connectivity index (χ0n) is 8.34. The van der Waals surface area contributed by atoms with Gasteiger partial charge in [0, 0.05) is 11.4 Å². The molecule has 0 bridgehead atoms. The first-order chi connectivity index (χ1) is 7.20. The average molecular weight is 228 g/mol. The molecular formula is C11H11ClFNO. The maximum atomic E-state index is 13.2. The van der Waals surface area contributed by atoms with Gasteiger partial charge in [-0.2, -0.15) is 5.26 Å². The summed E-state index contributed by atoms with van der Waals surface area (Å²) in [6.45, 7) is 1.90. The smallest absolute Gasteiger partial charge is 0.169 e. The molecule has 0 radical (unpaired) electrons. The Kier molecular flexibility index (Phi) is 4.54. The van der Waals surface area contributed by atoms with Crippen molar-refractivity contribution in [2.24, 2.45) is 0 Å². The Hall–Kier alpha value is -1.11. The van der Waals surface area contributed by atoms with Crippen LogP contribution in [0.5, 0.6) is 0 Å². The highest BCUT2D eigenvalue weighted by Crippen LogP contribution is 2.22. The minimum absolute atomic E-state index is 0.274. The van der Waals surface area contributed by atoms with E-state index < -0.39 is 6.10 Å². The molecule has 4 heteroatoms. The molecule has 0 aromatic heterocycles. The Morgan fingerprint density at radius 2 is 2.33 bits per heavy atom. The normalized spacial score (nSPS) is 12.1. The lowest BCUT2D eigenvalue weighted by Gasteiger charge is -2.12. The van der Waals surface area contributed by atoms with Crippen LogP contribution in [0.1, 0.15) is 17.2 Å². The van der Waals surface area contributed by atoms with Gasteiger partial charge in [-0.15, -0.1) is 11.6 Å². The van der Waals surface area contributed by atoms with Gasteiger partial charge in [0.05, 0.1) is 12.7 Å². The highest BCUT2D eigenvalue weighted by atomic mass is 35.5. The van der Waals surface area contributed by atoms with Crippen molar-refractivity contribution in [2.45, 2.75) is 13.0 Å². The summed E-state index contributed by atoms with van der Waals surface area (Å²) in [6.07, 6.45) is -0.751. The number of alkyl halides is 1. The first-order valence-corrected chi connectivity index (χ1v) is 5.06. The molecule has 1 rings (SSSR count). The molecule has 0 spiro atoms. The largest absolute Gasteiger partial charge is 0.357 e. The number of rotatable bonds is 4. The summed E-state index contributed by atoms with van der Waals surface area (Å²) < 4.78 is 18.4. The van der Waals surface area contributed by atoms with Crippen molar-refractivity contribution >= 4 is 11.6 Å². The lowest BCUT2D eigenvalue weighted by atomic mass is 10.0. The Bertz CT molecular complexity index is 375. The third-order valence-electron chi connectivity index (χ3n) is 2.07. The fourth-order valence-electron chi connectivity index (χ4n) is 1.27. The van der Waals surface area contributed by atoms with E-state index in [0.717, 1.165) is 0 Å². The Labute approximate surface area is 93.2 Å². The van der Waals surface area contributed by atoms with Gasteiger partial charge >= 0.3 is 0 Å². The summed E-state index contributed by atoms with van der Waals surface area (Å²) in [6, 6.07) is 6.57. The lowest BCUT2D eigenvalue weighted by Crippen LogP contribution is -2.06. The predicted molar refractivity (Wildman–Crippen MR) is 56.2 cm³/mol. The van der Waals surface area contributed by atoms with Crippen LogP contribution in [-0.2, 0) is 4.74 Å². The van der Waals surface area contributed by atoms with E-state index in [0.29, 0.717) is 17.0 Å². The Morgan fingerprint density at radius 3 is 2.93 bits per heavy atom. The molecule has 1 atom stereocenters. The first-order valence-electron chi connectivity index (χ1n) is 4.53. The number of benzene rings is 1. The molecule has 2 nitrogen and oxygen atoms in total. The lowest BCUT2D eigenvalue weighted by molar-refractivity contribution is 0.103. The van der Waals surface area contributed by atoms with Crippen LogP contribution in [0.2, 0.25) is 0 Å². The number of nitrogens with zero attached hydrogens (tertiary/aromatic N) is 1. The van der Waals surface area contributed by atoms with E-state index in [2.05, 4.69) is 0 Å². The molecule has 0 saturated carbocycles. The summed E-state index contributed by atoms with van der Waals surface area (Å²) in [5, 5.41) is 8.88. The van der Waals surface area contributed by atoms with Crippen LogP contribution in [0.15, 0.2) is 18.2 Å². The van der Waals surface area contributed by atoms with Crippen molar-refractivity contribution in [3.05, 3.63) is 35.1 Å². The fourth-order valence-corrected chi connectivity index (χ4v) is 1.36. The molecular weight excluding hydrogens is 217 g/mol. The summed E-state index contributed by atoms with van der Waals surface area (Å²) in [5.41, 5.74) is 1.00. The summed E-state index contributed by atoms with van der Waals surface area (Å²) in [4.78, 5) is 0. The Balaban J connectivity index is 2.93. The second-order valence-corrected chi connectivity index (χ2v) is 3.40. The van der Waals surface area contributed by atoms with Crippen LogP contribution >= 0.6 is 11.6 Å². The van der Waals surface area contributed by atoms with E-state index >= 15 is 0 Å². The van der Waals surface area contributed by atoms with Gasteiger partial charge in [-0.25, -0.2) is 4.39 Å². The molecule has 0 aliphatic rings. The van der Waals surface area contributed by atoms with Gasteiger partial charge in [0.15, 0.2) is 6.10 Å². The molecule has 80 valence electrons. The molecule has 0 amide bonds. The van der Waals surface area contributed by atoms with Crippen LogP contribution in [0, 0.1) is 24.1 Å². The topological polar surface area (TPSA) is 33.0 Å². The molecule has 0 saturated heterocycles. The van der Waals surface area contributed by atoms with Gasteiger partial charge in [0.2, 0.25) is 0 Å². The Morgan fingerprint density at radius 1 is 1.60 bits per heavy atom. The maximum absolute atomic E-state index is 13.2. The van der Waals surface area contributed by atoms with Crippen molar-refractivity contribution in [3.63, 3.8) is 0 Å². The molecule has 0 fully saturated rings. The molecule has 1 unspecified atom stereocenters. The second-order valence-electron chi connectivity index (χ2n) is 3.02. The zero-order valence-corrected chi connectivity index (χ0v) is 9.09. The summed E-state index contributed by atoms with van der Waals surface area (Å²) in [7, 11) is 0. The quantitative estimate of drug-likeness (QED) is 0.741. The van der Waals surface area contributed by atoms with Crippen molar-refractivity contribution in [2.75, 3.05) is 12.5 Å². The number of hydrogen-bond donors (Lipinski definition) is 0. The standard InChI is InChI=1S/C11H11ClFNO/c1-8-9(3-2-4-10(8)13)11(7-14)15-6-5-12/h2-4,11H,5-6H2,1H3. The summed E-state index contributed by atoms with van der Waals surface area (Å²) in [5.74, 6) is -0.0192. The van der Waals surface area contributed by atoms with E-state index in [1.54, 1.807) is 19.1 Å². The van der Waals surface area contributed by atoms with E-state index in [1.165, 1.54) is 6.07 Å². The van der Waals surface area contributed by atoms with Crippen LogP contribution in [0.3, 0.4) is 0 Å². The molecule has 0 heterocycles. The van der Waals surface area contributed by atoms with Crippen molar-refractivity contribution < 1.29 is 9.13 Å². The second kappa shape index (κ2) is 5.69. The third kappa shape index (κ3) is 2.92. The van der Waals surface area contributed by atoms with E-state index in [9.17, 15) is 4.39 Å². The van der Waals surface area contributed by atoms with E-state index in [1.807, 2.05) is 6.07 Å². The molecule has 0 N–H and O–H groups in total. The number of nitriles is 1. The minimum atomic E-state index is -0.751. The monoisotopic (exact) mass is 227 g/mol. The molecule has 0 aliphatic heterocycles. The minimum Gasteiger partial charge on any atom is -0.357 e. The van der Waals surface area contributed by atoms with Gasteiger partial charge in [-0.1, -0.05) is 12.1 Å². The van der Waals surface area contributed by atoms with Crippen LogP contribution in [0.4, 0.5) is 4.39 Å². The van der Waals surface area contributed by atoms with Gasteiger partial charge in [0.1, 0.15) is 5.82 Å². The van der Waals surface area contributed by atoms with Crippen LogP contribution in [-0.4, -0.2) is 12.5 Å². The number of hydrogen-bond acceptors (Lipinski definition) is 2. The summed E-state index contributed by atoms with van der Waals surface area (Å²) >= 11 is 5.45. The van der Waals surface area contributed by atoms with E-state index in [-0.39, 0.29) is 12.4 Å². The molecule has 15 heavy (non-hydrogen) atoms. The fraction of sp³-hybridized carbons (Fsp3) is 0.364. The van der Waals surface area contributed by atoms with Crippen LogP contribution in [0.25, 0.3) is 0 Å². The first kappa shape index (κ1) is 12.0. The predicted octanol–water partition coefficient (Wildman–Crippen LogP) is 2.95.